The zero-order valence-corrected chi connectivity index (χ0v) is 23.9. The van der Waals surface area contributed by atoms with Gasteiger partial charge >= 0.3 is 5.97 Å². The quantitative estimate of drug-likeness (QED) is 0.362. The Bertz CT molecular complexity index is 974. The number of carbonyl (C=O) groups excluding carboxylic acids is 2. The minimum absolute atomic E-state index is 0.0306. The largest absolute Gasteiger partial charge is 0.465 e. The molecule has 10 atom stereocenters. The van der Waals surface area contributed by atoms with Crippen molar-refractivity contribution in [2.24, 2.45) is 56.7 Å². The number of esters is 1. The fourth-order valence-electron chi connectivity index (χ4n) is 11.6. The Morgan fingerprint density at radius 1 is 0.946 bits per heavy atom. The van der Waals surface area contributed by atoms with Crippen molar-refractivity contribution in [1.82, 2.24) is 0 Å². The molecule has 5 heteroatoms. The molecule has 0 amide bonds. The van der Waals surface area contributed by atoms with E-state index in [2.05, 4.69) is 34.3 Å². The number of ether oxygens (including phenoxy) is 1. The molecule has 0 heterocycles. The van der Waals surface area contributed by atoms with Gasteiger partial charge in [-0.1, -0.05) is 27.4 Å². The average Bonchev–Trinajstić information content (AvgIpc) is 3.25. The minimum atomic E-state index is -0.605. The van der Waals surface area contributed by atoms with Gasteiger partial charge < -0.3 is 14.9 Å². The number of aliphatic hydroxyl groups is 2. The van der Waals surface area contributed by atoms with Crippen molar-refractivity contribution in [3.05, 3.63) is 12.2 Å². The molecule has 5 nitrogen and oxygen atoms in total. The molecule has 5 saturated carbocycles. The van der Waals surface area contributed by atoms with Crippen molar-refractivity contribution in [1.29, 1.82) is 0 Å². The highest BCUT2D eigenvalue weighted by Gasteiger charge is 2.71. The van der Waals surface area contributed by atoms with Gasteiger partial charge in [-0.15, -0.1) is 0 Å². The number of Topliss-reactive ketones (excluding diaryl/α,β-unsaturated/α-hetero) is 1. The van der Waals surface area contributed by atoms with E-state index in [9.17, 15) is 19.8 Å². The summed E-state index contributed by atoms with van der Waals surface area (Å²) in [5, 5.41) is 20.7. The van der Waals surface area contributed by atoms with Crippen LogP contribution in [-0.4, -0.2) is 41.8 Å². The van der Waals surface area contributed by atoms with E-state index in [1.165, 1.54) is 6.92 Å². The Hall–Kier alpha value is -1.20. The first-order valence-corrected chi connectivity index (χ1v) is 14.9. The molecule has 2 N–H and O–H groups in total. The first-order valence-electron chi connectivity index (χ1n) is 14.9. The molecule has 0 unspecified atom stereocenters. The van der Waals surface area contributed by atoms with Crippen LogP contribution in [0.5, 0.6) is 0 Å². The number of hydrogen-bond donors (Lipinski definition) is 2. The Morgan fingerprint density at radius 3 is 2.32 bits per heavy atom. The lowest BCUT2D eigenvalue weighted by Gasteiger charge is -2.72. The van der Waals surface area contributed by atoms with Crippen LogP contribution in [0.2, 0.25) is 0 Å². The number of hydrogen-bond acceptors (Lipinski definition) is 5. The summed E-state index contributed by atoms with van der Waals surface area (Å²) in [5.41, 5.74) is 0.667. The van der Waals surface area contributed by atoms with E-state index in [1.807, 2.05) is 0 Å². The first kappa shape index (κ1) is 27.4. The van der Waals surface area contributed by atoms with Crippen LogP contribution in [0.25, 0.3) is 0 Å². The summed E-state index contributed by atoms with van der Waals surface area (Å²) < 4.78 is 5.52. The van der Waals surface area contributed by atoms with Gasteiger partial charge in [-0.05, 0) is 122 Å². The van der Waals surface area contributed by atoms with E-state index >= 15 is 0 Å². The predicted molar refractivity (Wildman–Crippen MR) is 143 cm³/mol. The monoisotopic (exact) mass is 514 g/mol. The van der Waals surface area contributed by atoms with Gasteiger partial charge in [-0.3, -0.25) is 9.59 Å². The van der Waals surface area contributed by atoms with Gasteiger partial charge in [0, 0.05) is 20.0 Å². The third-order valence-corrected chi connectivity index (χ3v) is 13.8. The van der Waals surface area contributed by atoms with Crippen molar-refractivity contribution in [2.75, 3.05) is 19.8 Å². The van der Waals surface area contributed by atoms with Crippen molar-refractivity contribution in [3.8, 4) is 0 Å². The number of fused-ring (bicyclic) bond motifs is 7. The van der Waals surface area contributed by atoms with Crippen LogP contribution in [0.4, 0.5) is 0 Å². The molecule has 5 fully saturated rings. The Balaban J connectivity index is 1.51. The molecule has 5 aliphatic rings. The maximum Gasteiger partial charge on any atom is 0.302 e. The lowest BCUT2D eigenvalue weighted by atomic mass is 9.32. The molecule has 5 rings (SSSR count). The molecular formula is C32H50O5. The van der Waals surface area contributed by atoms with Gasteiger partial charge in [0.2, 0.25) is 0 Å². The molecule has 208 valence electrons. The van der Waals surface area contributed by atoms with Crippen molar-refractivity contribution < 1.29 is 24.5 Å². The molecule has 0 saturated heterocycles. The number of carbonyl (C=O) groups is 2. The van der Waals surface area contributed by atoms with E-state index in [-0.39, 0.29) is 59.2 Å². The molecular weight excluding hydrogens is 464 g/mol. The summed E-state index contributed by atoms with van der Waals surface area (Å²) in [4.78, 5) is 25.1. The Kier molecular flexibility index (Phi) is 6.59. The van der Waals surface area contributed by atoms with Gasteiger partial charge in [0.15, 0.2) is 0 Å². The lowest BCUT2D eigenvalue weighted by molar-refractivity contribution is -0.240. The van der Waals surface area contributed by atoms with E-state index < -0.39 is 5.41 Å². The smallest absolute Gasteiger partial charge is 0.302 e. The second kappa shape index (κ2) is 8.91. The van der Waals surface area contributed by atoms with E-state index in [0.29, 0.717) is 30.1 Å². The summed E-state index contributed by atoms with van der Waals surface area (Å²) in [6.45, 7) is 15.9. The summed E-state index contributed by atoms with van der Waals surface area (Å²) >= 11 is 0. The van der Waals surface area contributed by atoms with Gasteiger partial charge in [0.1, 0.15) is 12.4 Å². The van der Waals surface area contributed by atoms with E-state index in [0.717, 1.165) is 63.4 Å². The van der Waals surface area contributed by atoms with Gasteiger partial charge in [0.25, 0.3) is 0 Å². The van der Waals surface area contributed by atoms with Gasteiger partial charge in [-0.2, -0.15) is 0 Å². The molecule has 0 aromatic rings. The summed E-state index contributed by atoms with van der Waals surface area (Å²) in [6, 6.07) is 0. The van der Waals surface area contributed by atoms with Crippen LogP contribution in [0.3, 0.4) is 0 Å². The third kappa shape index (κ3) is 3.54. The molecule has 5 aliphatic carbocycles. The predicted octanol–water partition coefficient (Wildman–Crippen LogP) is 5.72. The van der Waals surface area contributed by atoms with Gasteiger partial charge in [-0.25, -0.2) is 0 Å². The topological polar surface area (TPSA) is 83.8 Å². The van der Waals surface area contributed by atoms with Crippen LogP contribution in [0.15, 0.2) is 12.2 Å². The Labute approximate surface area is 223 Å². The minimum Gasteiger partial charge on any atom is -0.465 e. The van der Waals surface area contributed by atoms with Crippen LogP contribution < -0.4 is 0 Å². The standard InChI is InChI=1S/C32H50O5/c1-20(17-33)22-9-14-32(18-34)16-15-30(5)23(27(22)32)7-8-25-28(3)12-11-26(36)29(4,19-37-21(2)35)24(28)10-13-31(25,30)6/h22-25,27,33-34H,1,7-19H2,2-6H3/t22-,23+,24+,25+,27+,28-,29-,30+,31+,32+/m0/s1. The molecule has 0 aromatic carbocycles. The molecule has 0 bridgehead atoms. The third-order valence-electron chi connectivity index (χ3n) is 13.8. The highest BCUT2D eigenvalue weighted by molar-refractivity contribution is 5.86. The second-order valence-electron chi connectivity index (χ2n) is 14.8. The fraction of sp³-hybridized carbons (Fsp3) is 0.875. The molecule has 0 spiro atoms. The summed E-state index contributed by atoms with van der Waals surface area (Å²) in [5.74, 6) is 1.92. The van der Waals surface area contributed by atoms with Crippen LogP contribution in [0.1, 0.15) is 98.8 Å². The molecule has 0 radical (unpaired) electrons. The zero-order valence-electron chi connectivity index (χ0n) is 23.9. The number of rotatable bonds is 5. The fourth-order valence-corrected chi connectivity index (χ4v) is 11.6. The molecule has 0 aromatic heterocycles. The zero-order chi connectivity index (χ0) is 27.0. The van der Waals surface area contributed by atoms with E-state index in [1.54, 1.807) is 0 Å². The summed E-state index contributed by atoms with van der Waals surface area (Å²) in [7, 11) is 0. The lowest BCUT2D eigenvalue weighted by Crippen LogP contribution is -2.67. The van der Waals surface area contributed by atoms with Crippen LogP contribution in [-0.2, 0) is 14.3 Å². The SMILES string of the molecule is C=C(CO)[C@@H]1CC[C@]2(CO)CC[C@]3(C)[C@H](CC[C@@H]4[C@@]5(C)CCC(=O)[C@@](C)(COC(C)=O)[C@@H]5CC[C@]43C)[C@@H]12. The summed E-state index contributed by atoms with van der Waals surface area (Å²) in [6.07, 6.45) is 10.2. The van der Waals surface area contributed by atoms with Crippen LogP contribution in [0, 0.1) is 56.7 Å². The maximum atomic E-state index is 13.3. The van der Waals surface area contributed by atoms with Crippen molar-refractivity contribution in [2.45, 2.75) is 98.8 Å². The van der Waals surface area contributed by atoms with Crippen molar-refractivity contribution >= 4 is 11.8 Å². The van der Waals surface area contributed by atoms with Gasteiger partial charge in [0.05, 0.1) is 12.0 Å². The van der Waals surface area contributed by atoms with E-state index in [4.69, 9.17) is 4.74 Å². The number of aliphatic hydroxyl groups excluding tert-OH is 2. The van der Waals surface area contributed by atoms with Crippen molar-refractivity contribution in [3.63, 3.8) is 0 Å². The Morgan fingerprint density at radius 2 is 1.68 bits per heavy atom. The first-order chi connectivity index (χ1) is 17.3. The number of ketones is 1. The normalized spacial score (nSPS) is 50.9. The molecule has 37 heavy (non-hydrogen) atoms. The highest BCUT2D eigenvalue weighted by Crippen LogP contribution is 2.77. The highest BCUT2D eigenvalue weighted by atomic mass is 16.5. The second-order valence-corrected chi connectivity index (χ2v) is 14.8. The average molecular weight is 515 g/mol. The molecule has 0 aliphatic heterocycles. The van der Waals surface area contributed by atoms with Crippen LogP contribution >= 0.6 is 0 Å². The maximum absolute atomic E-state index is 13.3.